The third-order valence-electron chi connectivity index (χ3n) is 3.31. The minimum atomic E-state index is -0.0403. The fourth-order valence-electron chi connectivity index (χ4n) is 2.33. The fraction of sp³-hybridized carbons (Fsp3) is 0.818. The van der Waals surface area contributed by atoms with Crippen LogP contribution < -0.4 is 5.32 Å². The predicted octanol–water partition coefficient (Wildman–Crippen LogP) is 0.871. The molecule has 2 aliphatic heterocycles. The van der Waals surface area contributed by atoms with Gasteiger partial charge < -0.3 is 0 Å². The molecule has 2 heterocycles. The van der Waals surface area contributed by atoms with Gasteiger partial charge in [-0.3, -0.25) is 19.8 Å². The number of hydrogen-bond acceptors (Lipinski definition) is 3. The number of likely N-dealkylation sites (tertiary alicyclic amines) is 1. The topological polar surface area (TPSA) is 49.4 Å². The Bertz CT molecular complexity index is 272. The van der Waals surface area contributed by atoms with Gasteiger partial charge in [0.25, 0.3) is 0 Å². The van der Waals surface area contributed by atoms with Crippen LogP contribution in [0.5, 0.6) is 0 Å². The molecule has 2 rings (SSSR count). The quantitative estimate of drug-likeness (QED) is 0.653. The highest BCUT2D eigenvalue weighted by Gasteiger charge is 2.36. The van der Waals surface area contributed by atoms with E-state index in [1.54, 1.807) is 0 Å². The molecular formula is C11H18N2O2. The molecule has 2 unspecified atom stereocenters. The van der Waals surface area contributed by atoms with Crippen LogP contribution in [0.4, 0.5) is 0 Å². The van der Waals surface area contributed by atoms with Crippen molar-refractivity contribution in [2.45, 2.75) is 45.2 Å². The second-order valence-corrected chi connectivity index (χ2v) is 4.51. The maximum Gasteiger partial charge on any atom is 0.233 e. The molecule has 0 bridgehead atoms. The summed E-state index contributed by atoms with van der Waals surface area (Å²) in [7, 11) is 0. The van der Waals surface area contributed by atoms with Gasteiger partial charge in [0, 0.05) is 12.3 Å². The summed E-state index contributed by atoms with van der Waals surface area (Å²) in [6.07, 6.45) is 4.34. The smallest absolute Gasteiger partial charge is 0.233 e. The monoisotopic (exact) mass is 210 g/mol. The second-order valence-electron chi connectivity index (χ2n) is 4.51. The molecule has 0 aliphatic carbocycles. The van der Waals surface area contributed by atoms with E-state index in [0.717, 1.165) is 25.8 Å². The van der Waals surface area contributed by atoms with Gasteiger partial charge in [-0.15, -0.1) is 0 Å². The van der Waals surface area contributed by atoms with E-state index in [-0.39, 0.29) is 23.9 Å². The van der Waals surface area contributed by atoms with Gasteiger partial charge in [-0.1, -0.05) is 6.92 Å². The maximum atomic E-state index is 11.9. The molecule has 0 saturated carbocycles. The molecule has 0 aromatic heterocycles. The van der Waals surface area contributed by atoms with Crippen LogP contribution in [0, 0.1) is 5.92 Å². The highest BCUT2D eigenvalue weighted by atomic mass is 16.2. The normalized spacial score (nSPS) is 33.3. The molecule has 2 aliphatic rings. The lowest BCUT2D eigenvalue weighted by atomic mass is 9.96. The van der Waals surface area contributed by atoms with Crippen LogP contribution in [0.3, 0.4) is 0 Å². The number of rotatable bonds is 1. The van der Waals surface area contributed by atoms with Gasteiger partial charge in [0.05, 0.1) is 6.17 Å². The maximum absolute atomic E-state index is 11.9. The molecular weight excluding hydrogens is 192 g/mol. The Kier molecular flexibility index (Phi) is 3.05. The number of nitrogens with zero attached hydrogens (tertiary/aromatic N) is 1. The Morgan fingerprint density at radius 1 is 1.27 bits per heavy atom. The largest absolute Gasteiger partial charge is 0.297 e. The van der Waals surface area contributed by atoms with E-state index >= 15 is 0 Å². The number of imide groups is 1. The molecule has 0 aromatic carbocycles. The summed E-state index contributed by atoms with van der Waals surface area (Å²) in [5, 5.41) is 3.25. The number of carbonyl (C=O) groups excluding carboxylic acids is 2. The van der Waals surface area contributed by atoms with Crippen LogP contribution in [0.1, 0.15) is 39.0 Å². The average molecular weight is 210 g/mol. The molecule has 15 heavy (non-hydrogen) atoms. The van der Waals surface area contributed by atoms with Gasteiger partial charge >= 0.3 is 0 Å². The molecule has 2 saturated heterocycles. The Hall–Kier alpha value is -0.900. The summed E-state index contributed by atoms with van der Waals surface area (Å²) in [6, 6.07) is 0. The summed E-state index contributed by atoms with van der Waals surface area (Å²) in [4.78, 5) is 25.1. The fourth-order valence-corrected chi connectivity index (χ4v) is 2.33. The van der Waals surface area contributed by atoms with Crippen LogP contribution in [-0.2, 0) is 9.59 Å². The van der Waals surface area contributed by atoms with Crippen LogP contribution in [0.15, 0.2) is 0 Å². The number of hydrogen-bond donors (Lipinski definition) is 1. The van der Waals surface area contributed by atoms with Crippen molar-refractivity contribution in [2.75, 3.05) is 6.54 Å². The van der Waals surface area contributed by atoms with E-state index in [2.05, 4.69) is 5.32 Å². The zero-order valence-electron chi connectivity index (χ0n) is 9.16. The molecule has 2 atom stereocenters. The minimum Gasteiger partial charge on any atom is -0.297 e. The molecule has 2 amide bonds. The Labute approximate surface area is 90.0 Å². The van der Waals surface area contributed by atoms with Crippen molar-refractivity contribution in [3.63, 3.8) is 0 Å². The number of amides is 2. The first kappa shape index (κ1) is 10.6. The third kappa shape index (κ3) is 2.04. The van der Waals surface area contributed by atoms with Crippen LogP contribution in [-0.4, -0.2) is 29.4 Å². The number of piperidine rings is 2. The summed E-state index contributed by atoms with van der Waals surface area (Å²) < 4.78 is 0. The molecule has 0 radical (unpaired) electrons. The first-order chi connectivity index (χ1) is 7.20. The van der Waals surface area contributed by atoms with Gasteiger partial charge in [-0.05, 0) is 32.2 Å². The Morgan fingerprint density at radius 2 is 2.07 bits per heavy atom. The molecule has 0 aromatic rings. The van der Waals surface area contributed by atoms with Gasteiger partial charge in [0.15, 0.2) is 0 Å². The molecule has 4 heteroatoms. The van der Waals surface area contributed by atoms with E-state index in [1.807, 2.05) is 6.92 Å². The highest BCUT2D eigenvalue weighted by Crippen LogP contribution is 2.23. The van der Waals surface area contributed by atoms with Gasteiger partial charge in [0.1, 0.15) is 0 Å². The second kappa shape index (κ2) is 4.31. The lowest BCUT2D eigenvalue weighted by Crippen LogP contribution is -2.56. The summed E-state index contributed by atoms with van der Waals surface area (Å²) in [5.74, 6) is 0.00887. The first-order valence-electron chi connectivity index (χ1n) is 5.79. The van der Waals surface area contributed by atoms with E-state index in [4.69, 9.17) is 0 Å². The average Bonchev–Trinajstić information content (AvgIpc) is 2.26. The molecule has 4 nitrogen and oxygen atoms in total. The van der Waals surface area contributed by atoms with Crippen molar-refractivity contribution in [3.05, 3.63) is 0 Å². The first-order valence-corrected chi connectivity index (χ1v) is 5.79. The molecule has 0 spiro atoms. The van der Waals surface area contributed by atoms with Gasteiger partial charge in [-0.25, -0.2) is 0 Å². The van der Waals surface area contributed by atoms with Gasteiger partial charge in [-0.2, -0.15) is 0 Å². The number of nitrogens with one attached hydrogen (secondary N) is 1. The number of carbonyl (C=O) groups is 2. The van der Waals surface area contributed by atoms with Crippen molar-refractivity contribution in [1.29, 1.82) is 0 Å². The third-order valence-corrected chi connectivity index (χ3v) is 3.31. The summed E-state index contributed by atoms with van der Waals surface area (Å²) >= 11 is 0. The Morgan fingerprint density at radius 3 is 2.73 bits per heavy atom. The van der Waals surface area contributed by atoms with E-state index in [1.165, 1.54) is 4.90 Å². The molecule has 2 fully saturated rings. The minimum absolute atomic E-state index is 0.00231. The summed E-state index contributed by atoms with van der Waals surface area (Å²) in [5.41, 5.74) is 0. The van der Waals surface area contributed by atoms with Crippen molar-refractivity contribution in [2.24, 2.45) is 5.92 Å². The molecule has 84 valence electrons. The van der Waals surface area contributed by atoms with Crippen molar-refractivity contribution in [3.8, 4) is 0 Å². The standard InChI is InChI=1S/C11H18N2O2/c1-8-5-6-10(14)13(11(8)15)9-4-2-3-7-12-9/h8-9,12H,2-7H2,1H3. The SMILES string of the molecule is CC1CCC(=O)N(C2CCCCN2)C1=O. The van der Waals surface area contributed by atoms with Crippen LogP contribution in [0.25, 0.3) is 0 Å². The Balaban J connectivity index is 2.09. The predicted molar refractivity (Wildman–Crippen MR) is 55.9 cm³/mol. The summed E-state index contributed by atoms with van der Waals surface area (Å²) in [6.45, 7) is 2.82. The van der Waals surface area contributed by atoms with E-state index in [9.17, 15) is 9.59 Å². The van der Waals surface area contributed by atoms with Gasteiger partial charge in [0.2, 0.25) is 11.8 Å². The lowest BCUT2D eigenvalue weighted by molar-refractivity contribution is -0.155. The zero-order valence-corrected chi connectivity index (χ0v) is 9.16. The van der Waals surface area contributed by atoms with Crippen molar-refractivity contribution < 1.29 is 9.59 Å². The van der Waals surface area contributed by atoms with Crippen molar-refractivity contribution in [1.82, 2.24) is 10.2 Å². The lowest BCUT2D eigenvalue weighted by Gasteiger charge is -2.37. The zero-order chi connectivity index (χ0) is 10.8. The molecule has 1 N–H and O–H groups in total. The van der Waals surface area contributed by atoms with E-state index in [0.29, 0.717) is 12.8 Å². The van der Waals surface area contributed by atoms with Crippen molar-refractivity contribution >= 4 is 11.8 Å². The van der Waals surface area contributed by atoms with Crippen LogP contribution in [0.2, 0.25) is 0 Å². The van der Waals surface area contributed by atoms with E-state index < -0.39 is 0 Å². The van der Waals surface area contributed by atoms with Crippen LogP contribution >= 0.6 is 0 Å². The highest BCUT2D eigenvalue weighted by molar-refractivity contribution is 5.98.